The maximum absolute atomic E-state index is 13.0. The smallest absolute Gasteiger partial charge is 0.311 e. The summed E-state index contributed by atoms with van der Waals surface area (Å²) >= 11 is 0. The molecule has 4 atom stereocenters. The third kappa shape index (κ3) is 2.21. The Labute approximate surface area is 153 Å². The summed E-state index contributed by atoms with van der Waals surface area (Å²) in [5.74, 6) is 0.806. The lowest BCUT2D eigenvalue weighted by Gasteiger charge is -2.38. The summed E-state index contributed by atoms with van der Waals surface area (Å²) in [5, 5.41) is 0. The van der Waals surface area contributed by atoms with Crippen molar-refractivity contribution in [3.63, 3.8) is 0 Å². The zero-order valence-electron chi connectivity index (χ0n) is 14.9. The molecule has 1 fully saturated rings. The van der Waals surface area contributed by atoms with E-state index in [9.17, 15) is 4.79 Å². The molecule has 0 radical (unpaired) electrons. The first kappa shape index (κ1) is 15.9. The second kappa shape index (κ2) is 6.13. The van der Waals surface area contributed by atoms with Crippen LogP contribution >= 0.6 is 0 Å². The zero-order chi connectivity index (χ0) is 17.7. The van der Waals surface area contributed by atoms with Gasteiger partial charge in [-0.15, -0.1) is 0 Å². The molecule has 0 spiro atoms. The van der Waals surface area contributed by atoms with Crippen LogP contribution in [0.25, 0.3) is 0 Å². The molecule has 4 heteroatoms. The van der Waals surface area contributed by atoms with Crippen molar-refractivity contribution < 1.29 is 14.3 Å². The van der Waals surface area contributed by atoms with Crippen LogP contribution in [-0.4, -0.2) is 30.6 Å². The fraction of sp³-hybridized carbons (Fsp3) is 0.409. The van der Waals surface area contributed by atoms with Gasteiger partial charge in [-0.05, 0) is 30.5 Å². The summed E-state index contributed by atoms with van der Waals surface area (Å²) in [5.41, 5.74) is 3.85. The fourth-order valence-corrected chi connectivity index (χ4v) is 5.19. The van der Waals surface area contributed by atoms with E-state index in [1.807, 2.05) is 19.1 Å². The number of fused-ring (bicyclic) bond motifs is 7. The van der Waals surface area contributed by atoms with Crippen molar-refractivity contribution >= 4 is 5.97 Å². The number of carbonyl (C=O) groups is 1. The second-order valence-corrected chi connectivity index (χ2v) is 7.37. The number of nitrogens with zero attached hydrogens (tertiary/aromatic N) is 1. The second-order valence-electron chi connectivity index (χ2n) is 7.37. The van der Waals surface area contributed by atoms with Crippen molar-refractivity contribution in [3.8, 4) is 5.75 Å². The molecule has 0 unspecified atom stereocenters. The Morgan fingerprint density at radius 1 is 1.12 bits per heavy atom. The first-order chi connectivity index (χ1) is 12.8. The van der Waals surface area contributed by atoms with Crippen molar-refractivity contribution in [2.75, 3.05) is 19.8 Å². The van der Waals surface area contributed by atoms with Gasteiger partial charge < -0.3 is 9.47 Å². The van der Waals surface area contributed by atoms with Crippen molar-refractivity contribution in [1.82, 2.24) is 4.90 Å². The third-order valence-electron chi connectivity index (χ3n) is 6.16. The minimum Gasteiger partial charge on any atom is -0.493 e. The van der Waals surface area contributed by atoms with E-state index in [0.29, 0.717) is 13.2 Å². The van der Waals surface area contributed by atoms with Crippen LogP contribution < -0.4 is 4.74 Å². The van der Waals surface area contributed by atoms with Crippen LogP contribution in [0, 0.1) is 11.8 Å². The number of para-hydroxylation sites is 1. The number of hydrogen-bond donors (Lipinski definition) is 0. The summed E-state index contributed by atoms with van der Waals surface area (Å²) in [6.07, 6.45) is 1.02. The van der Waals surface area contributed by atoms with E-state index < -0.39 is 0 Å². The number of benzene rings is 2. The lowest BCUT2D eigenvalue weighted by atomic mass is 9.80. The molecule has 0 amide bonds. The maximum Gasteiger partial charge on any atom is 0.311 e. The highest BCUT2D eigenvalue weighted by molar-refractivity contribution is 5.75. The van der Waals surface area contributed by atoms with Gasteiger partial charge in [-0.1, -0.05) is 42.5 Å². The van der Waals surface area contributed by atoms with Gasteiger partial charge in [-0.25, -0.2) is 0 Å². The van der Waals surface area contributed by atoms with Crippen LogP contribution in [0.2, 0.25) is 0 Å². The Morgan fingerprint density at radius 2 is 1.88 bits per heavy atom. The van der Waals surface area contributed by atoms with Crippen molar-refractivity contribution in [2.24, 2.45) is 11.8 Å². The molecule has 3 heterocycles. The van der Waals surface area contributed by atoms with Crippen LogP contribution in [-0.2, 0) is 16.0 Å². The Hall–Kier alpha value is -2.33. The average molecular weight is 349 g/mol. The highest BCUT2D eigenvalue weighted by Gasteiger charge is 2.56. The molecule has 4 nitrogen and oxygen atoms in total. The van der Waals surface area contributed by atoms with Gasteiger partial charge in [0.1, 0.15) is 5.75 Å². The monoisotopic (exact) mass is 349 g/mol. The van der Waals surface area contributed by atoms with Gasteiger partial charge >= 0.3 is 5.97 Å². The first-order valence-corrected chi connectivity index (χ1v) is 9.51. The number of ether oxygens (including phenoxy) is 2. The molecule has 26 heavy (non-hydrogen) atoms. The molecule has 0 aromatic heterocycles. The van der Waals surface area contributed by atoms with Crippen LogP contribution in [0.3, 0.4) is 0 Å². The Morgan fingerprint density at radius 3 is 2.73 bits per heavy atom. The summed E-state index contributed by atoms with van der Waals surface area (Å²) in [4.78, 5) is 15.5. The quantitative estimate of drug-likeness (QED) is 0.778. The molecule has 2 aromatic carbocycles. The topological polar surface area (TPSA) is 38.8 Å². The van der Waals surface area contributed by atoms with E-state index in [-0.39, 0.29) is 29.9 Å². The lowest BCUT2D eigenvalue weighted by Crippen LogP contribution is -2.36. The maximum atomic E-state index is 13.0. The van der Waals surface area contributed by atoms with Crippen LogP contribution in [0.4, 0.5) is 0 Å². The summed E-state index contributed by atoms with van der Waals surface area (Å²) < 4.78 is 11.6. The molecule has 1 saturated heterocycles. The predicted molar refractivity (Wildman–Crippen MR) is 97.9 cm³/mol. The Bertz CT molecular complexity index is 849. The molecule has 3 aliphatic heterocycles. The molecule has 2 aromatic rings. The fourth-order valence-electron chi connectivity index (χ4n) is 5.19. The summed E-state index contributed by atoms with van der Waals surface area (Å²) in [6, 6.07) is 17.1. The standard InChI is InChI=1S/C22H23NO3/c1-2-25-22(24)19-17-13-26-18-10-6-5-9-16(18)20(17)23-12-11-14-7-3-4-8-15(14)21(19)23/h3-10,17,19-21H,2,11-13H2,1H3/t17-,19-,20-,21-/m1/s1. The number of rotatable bonds is 2. The van der Waals surface area contributed by atoms with Gasteiger partial charge in [0.15, 0.2) is 0 Å². The van der Waals surface area contributed by atoms with E-state index in [2.05, 4.69) is 41.3 Å². The highest BCUT2D eigenvalue weighted by Crippen LogP contribution is 2.57. The van der Waals surface area contributed by atoms with Gasteiger partial charge in [0.05, 0.1) is 19.1 Å². The lowest BCUT2D eigenvalue weighted by molar-refractivity contribution is -0.151. The SMILES string of the molecule is CCOC(=O)[C@@H]1[C@H]2COc3ccccc3[C@H]2N2CCc3ccccc3[C@H]12. The van der Waals surface area contributed by atoms with Crippen LogP contribution in [0.15, 0.2) is 48.5 Å². The van der Waals surface area contributed by atoms with Gasteiger partial charge in [-0.3, -0.25) is 9.69 Å². The predicted octanol–water partition coefficient (Wildman–Crippen LogP) is 3.53. The Kier molecular flexibility index (Phi) is 3.75. The molecule has 0 bridgehead atoms. The largest absolute Gasteiger partial charge is 0.493 e. The highest BCUT2D eigenvalue weighted by atomic mass is 16.5. The molecule has 134 valence electrons. The molecule has 3 aliphatic rings. The molecule has 0 saturated carbocycles. The van der Waals surface area contributed by atoms with E-state index in [1.165, 1.54) is 16.7 Å². The summed E-state index contributed by atoms with van der Waals surface area (Å²) in [7, 11) is 0. The van der Waals surface area contributed by atoms with Crippen molar-refractivity contribution in [2.45, 2.75) is 25.4 Å². The molecule has 5 rings (SSSR count). The Balaban J connectivity index is 1.65. The van der Waals surface area contributed by atoms with E-state index in [4.69, 9.17) is 9.47 Å². The normalized spacial score (nSPS) is 29.0. The van der Waals surface area contributed by atoms with Crippen LogP contribution in [0.5, 0.6) is 5.75 Å². The number of carbonyl (C=O) groups excluding carboxylic acids is 1. The first-order valence-electron chi connectivity index (χ1n) is 9.51. The van der Waals surface area contributed by atoms with E-state index >= 15 is 0 Å². The van der Waals surface area contributed by atoms with Gasteiger partial charge in [0, 0.05) is 30.1 Å². The number of hydrogen-bond acceptors (Lipinski definition) is 4. The van der Waals surface area contributed by atoms with Gasteiger partial charge in [-0.2, -0.15) is 0 Å². The molecular weight excluding hydrogens is 326 g/mol. The van der Waals surface area contributed by atoms with E-state index in [0.717, 1.165) is 18.7 Å². The zero-order valence-corrected chi connectivity index (χ0v) is 14.9. The van der Waals surface area contributed by atoms with E-state index in [1.54, 1.807) is 0 Å². The van der Waals surface area contributed by atoms with Gasteiger partial charge in [0.2, 0.25) is 0 Å². The van der Waals surface area contributed by atoms with Crippen molar-refractivity contribution in [3.05, 3.63) is 65.2 Å². The molecule has 0 N–H and O–H groups in total. The summed E-state index contributed by atoms with van der Waals surface area (Å²) in [6.45, 7) is 3.83. The minimum atomic E-state index is -0.185. The molecule has 0 aliphatic carbocycles. The third-order valence-corrected chi connectivity index (χ3v) is 6.16. The average Bonchev–Trinajstić information content (AvgIpc) is 3.03. The van der Waals surface area contributed by atoms with Crippen LogP contribution in [0.1, 0.15) is 35.7 Å². The molecular formula is C22H23NO3. The van der Waals surface area contributed by atoms with Gasteiger partial charge in [0.25, 0.3) is 0 Å². The number of esters is 1. The minimum absolute atomic E-state index is 0.0729. The van der Waals surface area contributed by atoms with Crippen molar-refractivity contribution in [1.29, 1.82) is 0 Å².